The molecule has 0 bridgehead atoms. The monoisotopic (exact) mass is 429 g/mol. The van der Waals surface area contributed by atoms with Gasteiger partial charge in [-0.25, -0.2) is 9.97 Å². The van der Waals surface area contributed by atoms with Crippen LogP contribution in [0, 0.1) is 20.8 Å². The molecule has 2 N–H and O–H groups in total. The Balaban J connectivity index is 1.57. The summed E-state index contributed by atoms with van der Waals surface area (Å²) in [4.78, 5) is 12.9. The lowest BCUT2D eigenvalue weighted by Gasteiger charge is -2.10. The number of nitrogens with one attached hydrogen (secondary N) is 2. The first-order chi connectivity index (χ1) is 15.5. The zero-order valence-electron chi connectivity index (χ0n) is 18.4. The van der Waals surface area contributed by atoms with Crippen LogP contribution in [0.3, 0.4) is 0 Å². The molecule has 0 unspecified atom stereocenters. The van der Waals surface area contributed by atoms with Crippen LogP contribution < -0.4 is 10.1 Å². The Morgan fingerprint density at radius 1 is 1.19 bits per heavy atom. The number of aromatic amines is 1. The van der Waals surface area contributed by atoms with Crippen LogP contribution in [0.4, 0.5) is 11.5 Å². The first-order valence-corrected chi connectivity index (χ1v) is 10.7. The Labute approximate surface area is 183 Å². The fourth-order valence-electron chi connectivity index (χ4n) is 4.75. The maximum atomic E-state index is 5.78. The van der Waals surface area contributed by atoms with E-state index in [2.05, 4.69) is 36.3 Å². The molecule has 9 heteroatoms. The molecular weight excluding hydrogens is 406 g/mol. The van der Waals surface area contributed by atoms with Gasteiger partial charge < -0.3 is 19.6 Å². The maximum Gasteiger partial charge on any atom is 0.144 e. The lowest BCUT2D eigenvalue weighted by Crippen LogP contribution is -2.00. The molecule has 6 rings (SSSR count). The van der Waals surface area contributed by atoms with E-state index in [4.69, 9.17) is 14.2 Å². The molecule has 0 fully saturated rings. The number of aromatic nitrogens is 6. The molecule has 1 aromatic carbocycles. The second kappa shape index (κ2) is 6.81. The number of nitrogens with zero attached hydrogens (tertiary/aromatic N) is 5. The molecule has 32 heavy (non-hydrogen) atoms. The standard InChI is InChI=1S/C23H23N7O2/c1-11-20(12(2)32-29-11)15-8-16-14(9-19(15)31-4)21-22(27-16)25-13(3)26-23(21)28-17-10-24-30-7-5-6-18(17)30/h8-10H,5-7H2,1-4H3,(H2,25,26,27,28). The van der Waals surface area contributed by atoms with E-state index in [1.165, 1.54) is 5.69 Å². The molecule has 0 spiro atoms. The highest BCUT2D eigenvalue weighted by atomic mass is 16.5. The number of ether oxygens (including phenoxy) is 1. The minimum Gasteiger partial charge on any atom is -0.496 e. The molecule has 0 aliphatic carbocycles. The molecule has 0 amide bonds. The van der Waals surface area contributed by atoms with Crippen molar-refractivity contribution in [2.45, 2.75) is 40.2 Å². The molecule has 0 saturated carbocycles. The Bertz CT molecular complexity index is 1490. The molecule has 5 heterocycles. The van der Waals surface area contributed by atoms with Gasteiger partial charge in [0.25, 0.3) is 0 Å². The third-order valence-electron chi connectivity index (χ3n) is 6.17. The SMILES string of the molecule is COc1cc2c(cc1-c1c(C)noc1C)[nH]c1nc(C)nc(Nc3cnn4c3CCC4)c12. The second-order valence-electron chi connectivity index (χ2n) is 8.22. The molecule has 4 aromatic heterocycles. The van der Waals surface area contributed by atoms with E-state index in [9.17, 15) is 0 Å². The highest BCUT2D eigenvalue weighted by Gasteiger charge is 2.22. The molecule has 1 aliphatic rings. The first-order valence-electron chi connectivity index (χ1n) is 10.7. The van der Waals surface area contributed by atoms with Gasteiger partial charge in [-0.2, -0.15) is 5.10 Å². The number of methoxy groups -OCH3 is 1. The van der Waals surface area contributed by atoms with Crippen molar-refractivity contribution in [1.82, 2.24) is 29.9 Å². The van der Waals surface area contributed by atoms with Crippen molar-refractivity contribution in [3.8, 4) is 16.9 Å². The third kappa shape index (κ3) is 2.70. The average molecular weight is 429 g/mol. The minimum absolute atomic E-state index is 0.688. The van der Waals surface area contributed by atoms with Gasteiger partial charge in [0.1, 0.15) is 28.8 Å². The van der Waals surface area contributed by atoms with Gasteiger partial charge in [-0.05, 0) is 45.7 Å². The number of aryl methyl sites for hydroxylation is 4. The summed E-state index contributed by atoms with van der Waals surface area (Å²) in [7, 11) is 1.67. The molecule has 0 radical (unpaired) electrons. The summed E-state index contributed by atoms with van der Waals surface area (Å²) in [5.74, 6) is 2.94. The number of fused-ring (bicyclic) bond motifs is 4. The van der Waals surface area contributed by atoms with Crippen molar-refractivity contribution in [3.05, 3.63) is 41.3 Å². The van der Waals surface area contributed by atoms with Crippen LogP contribution >= 0.6 is 0 Å². The summed E-state index contributed by atoms with van der Waals surface area (Å²) in [6.45, 7) is 6.70. The quantitative estimate of drug-likeness (QED) is 0.430. The van der Waals surface area contributed by atoms with Crippen molar-refractivity contribution in [1.29, 1.82) is 0 Å². The van der Waals surface area contributed by atoms with Crippen LogP contribution in [0.25, 0.3) is 33.1 Å². The second-order valence-corrected chi connectivity index (χ2v) is 8.22. The normalized spacial score (nSPS) is 13.2. The van der Waals surface area contributed by atoms with Gasteiger partial charge in [-0.15, -0.1) is 0 Å². The predicted molar refractivity (Wildman–Crippen MR) is 121 cm³/mol. The van der Waals surface area contributed by atoms with Crippen LogP contribution in [-0.4, -0.2) is 37.0 Å². The predicted octanol–water partition coefficient (Wildman–Crippen LogP) is 4.59. The summed E-state index contributed by atoms with van der Waals surface area (Å²) in [6, 6.07) is 4.10. The summed E-state index contributed by atoms with van der Waals surface area (Å²) in [6.07, 6.45) is 4.01. The summed E-state index contributed by atoms with van der Waals surface area (Å²) < 4.78 is 13.2. The number of hydrogen-bond acceptors (Lipinski definition) is 7. The van der Waals surface area contributed by atoms with Gasteiger partial charge in [0.2, 0.25) is 0 Å². The van der Waals surface area contributed by atoms with E-state index in [0.29, 0.717) is 5.82 Å². The Morgan fingerprint density at radius 3 is 2.84 bits per heavy atom. The van der Waals surface area contributed by atoms with Gasteiger partial charge in [-0.1, -0.05) is 5.16 Å². The van der Waals surface area contributed by atoms with Crippen LogP contribution in [0.2, 0.25) is 0 Å². The Hall–Kier alpha value is -3.88. The fraction of sp³-hybridized carbons (Fsp3) is 0.304. The number of anilines is 2. The fourth-order valence-corrected chi connectivity index (χ4v) is 4.75. The third-order valence-corrected chi connectivity index (χ3v) is 6.17. The minimum atomic E-state index is 0.688. The molecular formula is C23H23N7O2. The van der Waals surface area contributed by atoms with Gasteiger partial charge >= 0.3 is 0 Å². The maximum absolute atomic E-state index is 5.78. The van der Waals surface area contributed by atoms with Crippen LogP contribution in [-0.2, 0) is 13.0 Å². The summed E-state index contributed by atoms with van der Waals surface area (Å²) in [5, 5.41) is 14.0. The van der Waals surface area contributed by atoms with Crippen molar-refractivity contribution >= 4 is 33.4 Å². The topological polar surface area (TPSA) is 107 Å². The van der Waals surface area contributed by atoms with Crippen molar-refractivity contribution < 1.29 is 9.26 Å². The first kappa shape index (κ1) is 18.9. The molecule has 5 aromatic rings. The van der Waals surface area contributed by atoms with E-state index >= 15 is 0 Å². The van der Waals surface area contributed by atoms with E-state index in [-0.39, 0.29) is 0 Å². The van der Waals surface area contributed by atoms with Gasteiger partial charge in [0, 0.05) is 23.0 Å². The number of H-pyrrole nitrogens is 1. The lowest BCUT2D eigenvalue weighted by atomic mass is 10.0. The van der Waals surface area contributed by atoms with Crippen molar-refractivity contribution in [2.75, 3.05) is 12.4 Å². The lowest BCUT2D eigenvalue weighted by molar-refractivity contribution is 0.393. The van der Waals surface area contributed by atoms with Gasteiger partial charge in [-0.3, -0.25) is 4.68 Å². The number of hydrogen-bond donors (Lipinski definition) is 2. The van der Waals surface area contributed by atoms with Crippen LogP contribution in [0.1, 0.15) is 29.4 Å². The largest absolute Gasteiger partial charge is 0.496 e. The molecule has 162 valence electrons. The zero-order valence-corrected chi connectivity index (χ0v) is 18.4. The smallest absolute Gasteiger partial charge is 0.144 e. The molecule has 1 aliphatic heterocycles. The van der Waals surface area contributed by atoms with Crippen LogP contribution in [0.5, 0.6) is 5.75 Å². The Kier molecular flexibility index (Phi) is 4.01. The molecule has 9 nitrogen and oxygen atoms in total. The van der Waals surface area contributed by atoms with E-state index in [1.807, 2.05) is 33.0 Å². The molecule has 0 atom stereocenters. The van der Waals surface area contributed by atoms with E-state index < -0.39 is 0 Å². The average Bonchev–Trinajstić information content (AvgIpc) is 3.52. The Morgan fingerprint density at radius 2 is 2.06 bits per heavy atom. The van der Waals surface area contributed by atoms with E-state index in [1.54, 1.807) is 7.11 Å². The van der Waals surface area contributed by atoms with Gasteiger partial charge in [0.15, 0.2) is 0 Å². The van der Waals surface area contributed by atoms with Crippen LogP contribution in [0.15, 0.2) is 22.9 Å². The zero-order chi connectivity index (χ0) is 22.0. The highest BCUT2D eigenvalue weighted by molar-refractivity contribution is 6.13. The van der Waals surface area contributed by atoms with Crippen molar-refractivity contribution in [3.63, 3.8) is 0 Å². The van der Waals surface area contributed by atoms with Gasteiger partial charge in [0.05, 0.1) is 41.3 Å². The number of rotatable bonds is 4. The highest BCUT2D eigenvalue weighted by Crippen LogP contribution is 2.41. The molecule has 0 saturated heterocycles. The van der Waals surface area contributed by atoms with E-state index in [0.717, 1.165) is 81.2 Å². The summed E-state index contributed by atoms with van der Waals surface area (Å²) >= 11 is 0. The van der Waals surface area contributed by atoms with Crippen molar-refractivity contribution in [2.24, 2.45) is 0 Å². The number of benzene rings is 1. The summed E-state index contributed by atoms with van der Waals surface area (Å²) in [5.41, 5.74) is 6.62.